The molecule has 18 heavy (non-hydrogen) atoms. The molecule has 0 saturated carbocycles. The van der Waals surface area contributed by atoms with Crippen LogP contribution in [0.2, 0.25) is 0 Å². The Hall–Kier alpha value is -1.31. The molecule has 1 saturated heterocycles. The number of unbranched alkanes of at least 4 members (excludes halogenated alkanes) is 1. The lowest BCUT2D eigenvalue weighted by Crippen LogP contribution is -2.21. The zero-order valence-corrected chi connectivity index (χ0v) is 11.3. The first kappa shape index (κ1) is 13.1. The number of ether oxygens (including phenoxy) is 1. The van der Waals surface area contributed by atoms with Crippen molar-refractivity contribution >= 4 is 5.97 Å². The minimum Gasteiger partial charge on any atom is -0.462 e. The second-order valence-corrected chi connectivity index (χ2v) is 5.24. The molecule has 2 heteroatoms. The SMILES string of the molecule is CCCCC1C(C)OC(=O)C1Cc1ccccc1. The Labute approximate surface area is 109 Å². The van der Waals surface area contributed by atoms with Gasteiger partial charge in [-0.1, -0.05) is 50.1 Å². The highest BCUT2D eigenvalue weighted by atomic mass is 16.6. The molecular formula is C16H22O2. The largest absolute Gasteiger partial charge is 0.462 e. The number of rotatable bonds is 5. The monoisotopic (exact) mass is 246 g/mol. The normalized spacial score (nSPS) is 27.2. The van der Waals surface area contributed by atoms with Gasteiger partial charge >= 0.3 is 5.97 Å². The zero-order chi connectivity index (χ0) is 13.0. The summed E-state index contributed by atoms with van der Waals surface area (Å²) >= 11 is 0. The molecule has 0 radical (unpaired) electrons. The molecule has 0 bridgehead atoms. The topological polar surface area (TPSA) is 26.3 Å². The van der Waals surface area contributed by atoms with Gasteiger partial charge in [0, 0.05) is 5.92 Å². The van der Waals surface area contributed by atoms with Crippen LogP contribution in [0.1, 0.15) is 38.7 Å². The van der Waals surface area contributed by atoms with Crippen molar-refractivity contribution in [1.82, 2.24) is 0 Å². The Bertz CT molecular complexity index is 385. The third-order valence-corrected chi connectivity index (χ3v) is 3.91. The number of esters is 1. The molecule has 0 aromatic heterocycles. The van der Waals surface area contributed by atoms with Gasteiger partial charge in [-0.2, -0.15) is 0 Å². The number of benzene rings is 1. The van der Waals surface area contributed by atoms with Crippen LogP contribution in [0.25, 0.3) is 0 Å². The summed E-state index contributed by atoms with van der Waals surface area (Å²) in [5, 5.41) is 0. The van der Waals surface area contributed by atoms with Crippen molar-refractivity contribution < 1.29 is 9.53 Å². The van der Waals surface area contributed by atoms with E-state index < -0.39 is 0 Å². The van der Waals surface area contributed by atoms with E-state index in [1.807, 2.05) is 25.1 Å². The molecule has 1 aliphatic heterocycles. The highest BCUT2D eigenvalue weighted by Gasteiger charge is 2.41. The predicted molar refractivity (Wildman–Crippen MR) is 72.2 cm³/mol. The third-order valence-electron chi connectivity index (χ3n) is 3.91. The third kappa shape index (κ3) is 2.92. The Balaban J connectivity index is 2.06. The van der Waals surface area contributed by atoms with E-state index in [-0.39, 0.29) is 18.0 Å². The summed E-state index contributed by atoms with van der Waals surface area (Å²) < 4.78 is 5.42. The minimum absolute atomic E-state index is 0.00699. The van der Waals surface area contributed by atoms with Crippen LogP contribution in [0, 0.1) is 11.8 Å². The van der Waals surface area contributed by atoms with Crippen LogP contribution in [0.4, 0.5) is 0 Å². The van der Waals surface area contributed by atoms with Gasteiger partial charge in [-0.05, 0) is 25.3 Å². The number of hydrogen-bond donors (Lipinski definition) is 0. The van der Waals surface area contributed by atoms with E-state index in [2.05, 4.69) is 19.1 Å². The lowest BCUT2D eigenvalue weighted by Gasteiger charge is -2.18. The van der Waals surface area contributed by atoms with Gasteiger partial charge < -0.3 is 4.74 Å². The van der Waals surface area contributed by atoms with E-state index in [9.17, 15) is 4.79 Å². The molecule has 0 spiro atoms. The van der Waals surface area contributed by atoms with Crippen molar-refractivity contribution in [2.75, 3.05) is 0 Å². The number of carbonyl (C=O) groups excluding carboxylic acids is 1. The van der Waals surface area contributed by atoms with E-state index in [4.69, 9.17) is 4.74 Å². The smallest absolute Gasteiger partial charge is 0.309 e. The summed E-state index contributed by atoms with van der Waals surface area (Å²) in [6, 6.07) is 10.2. The lowest BCUT2D eigenvalue weighted by molar-refractivity contribution is -0.143. The molecule has 0 N–H and O–H groups in total. The van der Waals surface area contributed by atoms with Crippen LogP contribution in [0.3, 0.4) is 0 Å². The number of carbonyl (C=O) groups is 1. The lowest BCUT2D eigenvalue weighted by atomic mass is 9.83. The minimum atomic E-state index is -0.00699. The molecule has 1 aliphatic rings. The quantitative estimate of drug-likeness (QED) is 0.742. The first-order valence-electron chi connectivity index (χ1n) is 6.96. The summed E-state index contributed by atoms with van der Waals surface area (Å²) in [6.07, 6.45) is 4.35. The Morgan fingerprint density at radius 2 is 1.94 bits per heavy atom. The molecule has 3 atom stereocenters. The molecule has 1 aromatic carbocycles. The molecule has 98 valence electrons. The van der Waals surface area contributed by atoms with Crippen molar-refractivity contribution in [3.05, 3.63) is 35.9 Å². The van der Waals surface area contributed by atoms with Crippen LogP contribution in [0.5, 0.6) is 0 Å². The van der Waals surface area contributed by atoms with Crippen molar-refractivity contribution in [1.29, 1.82) is 0 Å². The fourth-order valence-corrected chi connectivity index (χ4v) is 2.84. The molecular weight excluding hydrogens is 224 g/mol. The molecule has 1 heterocycles. The molecule has 0 amide bonds. The van der Waals surface area contributed by atoms with Crippen molar-refractivity contribution in [3.63, 3.8) is 0 Å². The van der Waals surface area contributed by atoms with E-state index in [1.165, 1.54) is 18.4 Å². The van der Waals surface area contributed by atoms with Crippen LogP contribution in [-0.2, 0) is 16.0 Å². The highest BCUT2D eigenvalue weighted by molar-refractivity contribution is 5.75. The van der Waals surface area contributed by atoms with E-state index in [0.717, 1.165) is 12.8 Å². The van der Waals surface area contributed by atoms with Gasteiger partial charge in [-0.15, -0.1) is 0 Å². The van der Waals surface area contributed by atoms with Gasteiger partial charge in [-0.3, -0.25) is 4.79 Å². The Morgan fingerprint density at radius 3 is 2.61 bits per heavy atom. The van der Waals surface area contributed by atoms with E-state index in [1.54, 1.807) is 0 Å². The summed E-state index contributed by atoms with van der Waals surface area (Å²) in [5.74, 6) is 0.430. The fraction of sp³-hybridized carbons (Fsp3) is 0.562. The van der Waals surface area contributed by atoms with Gasteiger partial charge in [-0.25, -0.2) is 0 Å². The first-order chi connectivity index (χ1) is 8.72. The Morgan fingerprint density at radius 1 is 1.22 bits per heavy atom. The highest BCUT2D eigenvalue weighted by Crippen LogP contribution is 2.34. The first-order valence-corrected chi connectivity index (χ1v) is 6.96. The second kappa shape index (κ2) is 6.03. The van der Waals surface area contributed by atoms with Crippen molar-refractivity contribution in [2.45, 2.75) is 45.6 Å². The van der Waals surface area contributed by atoms with Gasteiger partial charge in [0.15, 0.2) is 0 Å². The Kier molecular flexibility index (Phi) is 4.40. The summed E-state index contributed by atoms with van der Waals surface area (Å²) in [4.78, 5) is 11.9. The molecule has 2 nitrogen and oxygen atoms in total. The molecule has 1 fully saturated rings. The maximum absolute atomic E-state index is 11.9. The summed E-state index contributed by atoms with van der Waals surface area (Å²) in [7, 11) is 0. The molecule has 3 unspecified atom stereocenters. The number of cyclic esters (lactones) is 1. The van der Waals surface area contributed by atoms with Crippen molar-refractivity contribution in [2.24, 2.45) is 11.8 Å². The zero-order valence-electron chi connectivity index (χ0n) is 11.3. The van der Waals surface area contributed by atoms with E-state index in [0.29, 0.717) is 5.92 Å². The average Bonchev–Trinajstić information content (AvgIpc) is 2.63. The van der Waals surface area contributed by atoms with Gasteiger partial charge in [0.1, 0.15) is 6.10 Å². The summed E-state index contributed by atoms with van der Waals surface area (Å²) in [6.45, 7) is 4.22. The maximum Gasteiger partial charge on any atom is 0.309 e. The molecule has 1 aromatic rings. The van der Waals surface area contributed by atoms with Crippen LogP contribution in [0.15, 0.2) is 30.3 Å². The number of hydrogen-bond acceptors (Lipinski definition) is 2. The van der Waals surface area contributed by atoms with Crippen LogP contribution >= 0.6 is 0 Å². The standard InChI is InChI=1S/C16H22O2/c1-3-4-10-14-12(2)18-16(17)15(14)11-13-8-6-5-7-9-13/h5-9,12,14-15H,3-4,10-11H2,1-2H3. The summed E-state index contributed by atoms with van der Waals surface area (Å²) in [5.41, 5.74) is 1.23. The van der Waals surface area contributed by atoms with Crippen molar-refractivity contribution in [3.8, 4) is 0 Å². The molecule has 0 aliphatic carbocycles. The van der Waals surface area contributed by atoms with E-state index >= 15 is 0 Å². The second-order valence-electron chi connectivity index (χ2n) is 5.24. The maximum atomic E-state index is 11.9. The van der Waals surface area contributed by atoms with Gasteiger partial charge in [0.05, 0.1) is 5.92 Å². The van der Waals surface area contributed by atoms with Gasteiger partial charge in [0.2, 0.25) is 0 Å². The molecule has 2 rings (SSSR count). The van der Waals surface area contributed by atoms with Crippen LogP contribution < -0.4 is 0 Å². The average molecular weight is 246 g/mol. The van der Waals surface area contributed by atoms with Crippen LogP contribution in [-0.4, -0.2) is 12.1 Å². The van der Waals surface area contributed by atoms with Gasteiger partial charge in [0.25, 0.3) is 0 Å². The predicted octanol–water partition coefficient (Wildman–Crippen LogP) is 3.60. The fourth-order valence-electron chi connectivity index (χ4n) is 2.84.